The molecule has 0 saturated heterocycles. The first-order valence-corrected chi connectivity index (χ1v) is 36.4. The molecule has 0 fully saturated rings. The van der Waals surface area contributed by atoms with E-state index in [1.165, 1.54) is 103 Å². The Hall–Kier alpha value is -1.07. The van der Waals surface area contributed by atoms with Gasteiger partial charge in [0.05, 0.1) is 0 Å². The quantitative estimate of drug-likeness (QED) is 0.0394. The Balaban J connectivity index is 3.92. The molecule has 1 aromatic carbocycles. The van der Waals surface area contributed by atoms with E-state index in [2.05, 4.69) is 55.4 Å². The molecular weight excluding hydrogens is 903 g/mol. The number of unbranched alkanes of at least 4 members (excludes halogenated alkanes) is 24. The van der Waals surface area contributed by atoms with Crippen molar-refractivity contribution in [2.45, 2.75) is 280 Å². The van der Waals surface area contributed by atoms with Gasteiger partial charge in [0, 0.05) is 0 Å². The maximum atomic E-state index is 15.3. The SMILES string of the molecule is CCCCCCCCCCCCP(CCCC)(CCCC)(CCCC)OC(=O)c1cc(C(=O)OP(CCCC)(CCCC)(CCCC)CCCCCCCCCCCC)c(C)c(S(=O)(=O)O)c1C. The second-order valence-electron chi connectivity index (χ2n) is 21.8. The fourth-order valence-electron chi connectivity index (χ4n) is 11.3. The van der Waals surface area contributed by atoms with Crippen LogP contribution in [0.3, 0.4) is 0 Å². The molecule has 7 nitrogen and oxygen atoms in total. The van der Waals surface area contributed by atoms with E-state index in [1.807, 2.05) is 0 Å². The number of carbonyl (C=O) groups is 2. The van der Waals surface area contributed by atoms with E-state index in [1.54, 1.807) is 19.9 Å². The van der Waals surface area contributed by atoms with E-state index in [0.717, 1.165) is 152 Å². The van der Waals surface area contributed by atoms with E-state index in [-0.39, 0.29) is 27.1 Å². The van der Waals surface area contributed by atoms with Crippen LogP contribution in [0.15, 0.2) is 11.0 Å². The molecule has 0 saturated carbocycles. The molecule has 10 heteroatoms. The molecule has 1 rings (SSSR count). The first kappa shape index (κ1) is 64.9. The summed E-state index contributed by atoms with van der Waals surface area (Å²) in [6.45, 7) is 14.6. The van der Waals surface area contributed by atoms with Crippen LogP contribution in [-0.4, -0.2) is 74.2 Å². The Morgan fingerprint density at radius 1 is 0.382 bits per heavy atom. The predicted molar refractivity (Wildman–Crippen MR) is 302 cm³/mol. The van der Waals surface area contributed by atoms with Crippen LogP contribution in [-0.2, 0) is 19.2 Å². The Labute approximate surface area is 422 Å². The fraction of sp³-hybridized carbons (Fsp3) is 0.862. The number of rotatable bonds is 45. The van der Waals surface area contributed by atoms with Crippen molar-refractivity contribution in [1.29, 1.82) is 0 Å². The van der Waals surface area contributed by atoms with E-state index in [4.69, 9.17) is 9.05 Å². The van der Waals surface area contributed by atoms with Gasteiger partial charge in [0.15, 0.2) is 0 Å². The number of carbonyl (C=O) groups excluding carboxylic acids is 2. The van der Waals surface area contributed by atoms with Crippen molar-refractivity contribution in [2.75, 3.05) is 49.3 Å². The normalized spacial score (nSPS) is 13.5. The standard InChI is InChI=1S/C58H112O7P2S/c1-11-19-27-29-31-33-35-37-39-41-49-66(43-21-13-3,44-22-14-4,45-23-15-5)64-57(59)54-51-55(53(10)56(52(54)9)68(61,62)63)58(60)65-67(46-24-16-6,47-25-17-7,48-26-18-8)50-42-40-38-36-34-32-30-28-20-12-2/h51H,11-50H2,1-10H3,(H,61,62,63). The average molecular weight is 1020 g/mol. The molecule has 68 heavy (non-hydrogen) atoms. The van der Waals surface area contributed by atoms with Crippen molar-refractivity contribution in [3.8, 4) is 0 Å². The summed E-state index contributed by atoms with van der Waals surface area (Å²) in [6.07, 6.45) is 43.5. The minimum absolute atomic E-state index is 0.0717. The molecular formula is C58H112O7P2S. The van der Waals surface area contributed by atoms with Crippen LogP contribution in [0.5, 0.6) is 0 Å². The summed E-state index contributed by atoms with van der Waals surface area (Å²) in [5.74, 6) is -1.08. The van der Waals surface area contributed by atoms with E-state index < -0.39 is 35.7 Å². The second-order valence-corrected chi connectivity index (χ2v) is 34.5. The van der Waals surface area contributed by atoms with Crippen LogP contribution in [0.1, 0.15) is 293 Å². The zero-order valence-electron chi connectivity index (χ0n) is 46.6. The van der Waals surface area contributed by atoms with Crippen molar-refractivity contribution in [3.63, 3.8) is 0 Å². The molecule has 0 aliphatic carbocycles. The molecule has 1 aromatic rings. The third-order valence-corrected chi connectivity index (χ3v) is 29.8. The molecule has 0 aliphatic heterocycles. The summed E-state index contributed by atoms with van der Waals surface area (Å²) in [5.41, 5.74) is 0.439. The predicted octanol–water partition coefficient (Wildman–Crippen LogP) is 19.4. The van der Waals surface area contributed by atoms with Gasteiger partial charge < -0.3 is 0 Å². The van der Waals surface area contributed by atoms with Gasteiger partial charge in [-0.05, 0) is 0 Å². The van der Waals surface area contributed by atoms with Gasteiger partial charge in [0.1, 0.15) is 0 Å². The Kier molecular flexibility index (Phi) is 33.6. The maximum absolute atomic E-state index is 15.3. The summed E-state index contributed by atoms with van der Waals surface area (Å²) in [7, 11) is -4.84. The zero-order chi connectivity index (χ0) is 50.8. The molecule has 0 bridgehead atoms. The number of hydrogen-bond donors (Lipinski definition) is 1. The molecule has 0 atom stereocenters. The van der Waals surface area contributed by atoms with Gasteiger partial charge in [0.25, 0.3) is 0 Å². The van der Waals surface area contributed by atoms with Crippen molar-refractivity contribution < 1.29 is 31.6 Å². The third kappa shape index (κ3) is 22.4. The Bertz CT molecular complexity index is 1490. The van der Waals surface area contributed by atoms with E-state index >= 15 is 9.59 Å². The van der Waals surface area contributed by atoms with Crippen LogP contribution < -0.4 is 0 Å². The topological polar surface area (TPSA) is 107 Å². The van der Waals surface area contributed by atoms with Gasteiger partial charge in [0.2, 0.25) is 0 Å². The Morgan fingerprint density at radius 3 is 0.809 bits per heavy atom. The molecule has 0 radical (unpaired) electrons. The summed E-state index contributed by atoms with van der Waals surface area (Å²) >= 11 is 0. The van der Waals surface area contributed by atoms with Gasteiger partial charge in [-0.25, -0.2) is 0 Å². The minimum atomic E-state index is -4.84. The van der Waals surface area contributed by atoms with Crippen molar-refractivity contribution in [2.24, 2.45) is 0 Å². The van der Waals surface area contributed by atoms with Gasteiger partial charge in [-0.2, -0.15) is 0 Å². The van der Waals surface area contributed by atoms with E-state index in [9.17, 15) is 13.0 Å². The number of hydrogen-bond acceptors (Lipinski definition) is 6. The molecule has 0 unspecified atom stereocenters. The van der Waals surface area contributed by atoms with Gasteiger partial charge >= 0.3 is 425 Å². The first-order valence-electron chi connectivity index (χ1n) is 29.2. The van der Waals surface area contributed by atoms with E-state index in [0.29, 0.717) is 0 Å². The molecule has 0 aliphatic rings. The van der Waals surface area contributed by atoms with Crippen molar-refractivity contribution in [1.82, 2.24) is 0 Å². The summed E-state index contributed by atoms with van der Waals surface area (Å²) in [6, 6.07) is 1.60. The fourth-order valence-corrected chi connectivity index (χ4v) is 25.6. The van der Waals surface area contributed by atoms with Crippen molar-refractivity contribution in [3.05, 3.63) is 28.3 Å². The van der Waals surface area contributed by atoms with Crippen LogP contribution in [0.25, 0.3) is 0 Å². The third-order valence-electron chi connectivity index (χ3n) is 15.8. The zero-order valence-corrected chi connectivity index (χ0v) is 49.2. The monoisotopic (exact) mass is 1010 g/mol. The summed E-state index contributed by atoms with van der Waals surface area (Å²) < 4.78 is 52.4. The molecule has 0 heterocycles. The molecule has 0 amide bonds. The van der Waals surface area contributed by atoms with Crippen LogP contribution in [0.4, 0.5) is 0 Å². The second kappa shape index (κ2) is 35.1. The summed E-state index contributed by atoms with van der Waals surface area (Å²) in [4.78, 5) is 30.2. The first-order chi connectivity index (χ1) is 32.6. The molecule has 402 valence electrons. The molecule has 1 N–H and O–H groups in total. The Morgan fingerprint density at radius 2 is 0.588 bits per heavy atom. The van der Waals surface area contributed by atoms with Crippen LogP contribution >= 0.6 is 13.7 Å². The molecule has 0 aromatic heterocycles. The number of benzene rings is 1. The summed E-state index contributed by atoms with van der Waals surface area (Å²) in [5, 5.41) is 0. The van der Waals surface area contributed by atoms with Crippen LogP contribution in [0, 0.1) is 13.8 Å². The molecule has 0 spiro atoms. The van der Waals surface area contributed by atoms with Crippen LogP contribution in [0.2, 0.25) is 0 Å². The van der Waals surface area contributed by atoms with Gasteiger partial charge in [-0.1, -0.05) is 0 Å². The van der Waals surface area contributed by atoms with Gasteiger partial charge in [-0.15, -0.1) is 0 Å². The van der Waals surface area contributed by atoms with Gasteiger partial charge in [-0.3, -0.25) is 0 Å². The average Bonchev–Trinajstić information content (AvgIpc) is 3.31. The van der Waals surface area contributed by atoms with Crippen molar-refractivity contribution >= 4 is 35.7 Å².